The molecule has 1 fully saturated rings. The van der Waals surface area contributed by atoms with Gasteiger partial charge in [-0.1, -0.05) is 19.8 Å². The van der Waals surface area contributed by atoms with Crippen LogP contribution in [0.15, 0.2) is 4.42 Å². The molecule has 2 rings (SSSR count). The highest BCUT2D eigenvalue weighted by Gasteiger charge is 2.27. The summed E-state index contributed by atoms with van der Waals surface area (Å²) in [6.45, 7) is 6.18. The molecule has 0 radical (unpaired) electrons. The van der Waals surface area contributed by atoms with E-state index in [0.29, 0.717) is 17.8 Å². The van der Waals surface area contributed by atoms with Gasteiger partial charge in [0.05, 0.1) is 6.04 Å². The number of nitrogens with one attached hydrogen (secondary N) is 1. The Hall–Kier alpha value is -0.550. The summed E-state index contributed by atoms with van der Waals surface area (Å²) < 4.78 is 5.49. The first-order chi connectivity index (χ1) is 8.70. The van der Waals surface area contributed by atoms with E-state index in [1.165, 1.54) is 31.4 Å². The maximum atomic E-state index is 5.49. The third-order valence-electron chi connectivity index (χ3n) is 3.46. The summed E-state index contributed by atoms with van der Waals surface area (Å²) >= 11 is 2.07. The van der Waals surface area contributed by atoms with Crippen LogP contribution in [0.25, 0.3) is 0 Å². The van der Waals surface area contributed by atoms with Gasteiger partial charge in [0.25, 0.3) is 0 Å². The van der Waals surface area contributed by atoms with Crippen LogP contribution in [0, 0.1) is 6.92 Å². The van der Waals surface area contributed by atoms with Gasteiger partial charge >= 0.3 is 0 Å². The van der Waals surface area contributed by atoms with Gasteiger partial charge in [0.1, 0.15) is 0 Å². The fourth-order valence-electron chi connectivity index (χ4n) is 2.58. The number of nitrogens with zero attached hydrogens (tertiary/aromatic N) is 2. The quantitative estimate of drug-likeness (QED) is 0.890. The predicted molar refractivity (Wildman–Crippen MR) is 74.8 cm³/mol. The lowest BCUT2D eigenvalue weighted by Crippen LogP contribution is -2.41. The van der Waals surface area contributed by atoms with Crippen LogP contribution >= 0.6 is 11.8 Å². The van der Waals surface area contributed by atoms with Crippen molar-refractivity contribution in [1.29, 1.82) is 0 Å². The fourth-order valence-corrected chi connectivity index (χ4v) is 3.79. The molecule has 0 amide bonds. The van der Waals surface area contributed by atoms with Gasteiger partial charge in [0.2, 0.25) is 11.8 Å². The Morgan fingerprint density at radius 1 is 1.39 bits per heavy atom. The standard InChI is InChI=1S/C13H23N3OS/c1-4-18-12-8-6-5-7-11(12)14-9(2)13-16-15-10(3)17-13/h9,11-12,14H,4-8H2,1-3H3/t9-,11-,12-/m1/s1. The second kappa shape index (κ2) is 6.57. The SMILES string of the molecule is CCS[C@@H]1CCCC[C@H]1N[C@H](C)c1nnc(C)o1. The molecule has 1 aliphatic rings. The molecule has 0 bridgehead atoms. The number of hydrogen-bond donors (Lipinski definition) is 1. The van der Waals surface area contributed by atoms with Crippen molar-refractivity contribution >= 4 is 11.8 Å². The minimum atomic E-state index is 0.147. The van der Waals surface area contributed by atoms with Gasteiger partial charge in [-0.2, -0.15) is 11.8 Å². The van der Waals surface area contributed by atoms with Crippen molar-refractivity contribution in [3.05, 3.63) is 11.8 Å². The van der Waals surface area contributed by atoms with E-state index in [1.807, 2.05) is 6.92 Å². The molecule has 1 N–H and O–H groups in total. The maximum absolute atomic E-state index is 5.49. The molecule has 5 heteroatoms. The molecular weight excluding hydrogens is 246 g/mol. The lowest BCUT2D eigenvalue weighted by Gasteiger charge is -2.33. The highest BCUT2D eigenvalue weighted by atomic mass is 32.2. The number of aromatic nitrogens is 2. The third kappa shape index (κ3) is 3.48. The van der Waals surface area contributed by atoms with Crippen LogP contribution in [0.3, 0.4) is 0 Å². The first-order valence-electron chi connectivity index (χ1n) is 6.88. The average Bonchev–Trinajstić information content (AvgIpc) is 2.79. The van der Waals surface area contributed by atoms with E-state index < -0.39 is 0 Å². The van der Waals surface area contributed by atoms with Gasteiger partial charge in [-0.15, -0.1) is 10.2 Å². The van der Waals surface area contributed by atoms with Crippen LogP contribution in [0.2, 0.25) is 0 Å². The second-order valence-electron chi connectivity index (χ2n) is 4.93. The molecule has 102 valence electrons. The van der Waals surface area contributed by atoms with E-state index in [-0.39, 0.29) is 6.04 Å². The lowest BCUT2D eigenvalue weighted by atomic mass is 9.94. The summed E-state index contributed by atoms with van der Waals surface area (Å²) in [4.78, 5) is 0. The number of rotatable bonds is 5. The molecule has 1 aliphatic carbocycles. The van der Waals surface area contributed by atoms with E-state index in [0.717, 1.165) is 5.25 Å². The number of thioether (sulfide) groups is 1. The summed E-state index contributed by atoms with van der Waals surface area (Å²) in [5.74, 6) is 2.54. The van der Waals surface area contributed by atoms with Gasteiger partial charge in [-0.05, 0) is 25.5 Å². The highest BCUT2D eigenvalue weighted by molar-refractivity contribution is 7.99. The first kappa shape index (κ1) is 13.9. The second-order valence-corrected chi connectivity index (χ2v) is 6.45. The fraction of sp³-hybridized carbons (Fsp3) is 0.846. The molecular formula is C13H23N3OS. The zero-order chi connectivity index (χ0) is 13.0. The molecule has 0 aliphatic heterocycles. The normalized spacial score (nSPS) is 26.2. The van der Waals surface area contributed by atoms with Crippen molar-refractivity contribution < 1.29 is 4.42 Å². The molecule has 0 aromatic carbocycles. The Labute approximate surface area is 113 Å². The van der Waals surface area contributed by atoms with E-state index in [2.05, 4.69) is 41.1 Å². The first-order valence-corrected chi connectivity index (χ1v) is 7.93. The maximum Gasteiger partial charge on any atom is 0.233 e. The largest absolute Gasteiger partial charge is 0.424 e. The molecule has 0 unspecified atom stereocenters. The minimum Gasteiger partial charge on any atom is -0.424 e. The van der Waals surface area contributed by atoms with Gasteiger partial charge in [-0.3, -0.25) is 0 Å². The van der Waals surface area contributed by atoms with Crippen molar-refractivity contribution in [3.8, 4) is 0 Å². The van der Waals surface area contributed by atoms with Crippen molar-refractivity contribution in [1.82, 2.24) is 15.5 Å². The summed E-state index contributed by atoms with van der Waals surface area (Å²) in [7, 11) is 0. The Balaban J connectivity index is 1.93. The molecule has 1 heterocycles. The highest BCUT2D eigenvalue weighted by Crippen LogP contribution is 2.30. The van der Waals surface area contributed by atoms with Crippen LogP contribution in [0.5, 0.6) is 0 Å². The van der Waals surface area contributed by atoms with Crippen molar-refractivity contribution in [2.45, 2.75) is 63.8 Å². The lowest BCUT2D eigenvalue weighted by molar-refractivity contribution is 0.321. The number of aryl methyl sites for hydroxylation is 1. The summed E-state index contributed by atoms with van der Waals surface area (Å²) in [5, 5.41) is 12.4. The summed E-state index contributed by atoms with van der Waals surface area (Å²) in [5.41, 5.74) is 0. The molecule has 0 saturated heterocycles. The van der Waals surface area contributed by atoms with E-state index >= 15 is 0 Å². The van der Waals surface area contributed by atoms with Crippen LogP contribution in [0.4, 0.5) is 0 Å². The number of hydrogen-bond acceptors (Lipinski definition) is 5. The van der Waals surface area contributed by atoms with Gasteiger partial charge < -0.3 is 9.73 Å². The molecule has 1 aromatic rings. The predicted octanol–water partition coefficient (Wildman–Crippen LogP) is 3.09. The van der Waals surface area contributed by atoms with Gasteiger partial charge in [-0.25, -0.2) is 0 Å². The van der Waals surface area contributed by atoms with Gasteiger partial charge in [0.15, 0.2) is 0 Å². The Kier molecular flexibility index (Phi) is 5.06. The van der Waals surface area contributed by atoms with E-state index in [4.69, 9.17) is 4.42 Å². The third-order valence-corrected chi connectivity index (χ3v) is 4.79. The van der Waals surface area contributed by atoms with Gasteiger partial charge in [0, 0.05) is 18.2 Å². The van der Waals surface area contributed by atoms with Crippen LogP contribution in [-0.4, -0.2) is 27.2 Å². The summed E-state index contributed by atoms with van der Waals surface area (Å²) in [6, 6.07) is 0.722. The van der Waals surface area contributed by atoms with Crippen LogP contribution < -0.4 is 5.32 Å². The topological polar surface area (TPSA) is 51.0 Å². The summed E-state index contributed by atoms with van der Waals surface area (Å²) in [6.07, 6.45) is 5.28. The average molecular weight is 269 g/mol. The zero-order valence-electron chi connectivity index (χ0n) is 11.5. The molecule has 1 saturated carbocycles. The minimum absolute atomic E-state index is 0.147. The van der Waals surface area contributed by atoms with Crippen molar-refractivity contribution in [2.75, 3.05) is 5.75 Å². The van der Waals surface area contributed by atoms with Crippen molar-refractivity contribution in [2.24, 2.45) is 0 Å². The van der Waals surface area contributed by atoms with Crippen LogP contribution in [0.1, 0.15) is 57.4 Å². The smallest absolute Gasteiger partial charge is 0.233 e. The van der Waals surface area contributed by atoms with Crippen molar-refractivity contribution in [3.63, 3.8) is 0 Å². The molecule has 0 spiro atoms. The Morgan fingerprint density at radius 3 is 2.83 bits per heavy atom. The molecule has 4 nitrogen and oxygen atoms in total. The zero-order valence-corrected chi connectivity index (χ0v) is 12.3. The molecule has 18 heavy (non-hydrogen) atoms. The van der Waals surface area contributed by atoms with E-state index in [1.54, 1.807) is 0 Å². The Morgan fingerprint density at radius 2 is 2.17 bits per heavy atom. The van der Waals surface area contributed by atoms with Crippen LogP contribution in [-0.2, 0) is 0 Å². The molecule has 1 aromatic heterocycles. The van der Waals surface area contributed by atoms with E-state index in [9.17, 15) is 0 Å². The Bertz CT molecular complexity index is 367. The molecule has 3 atom stereocenters. The monoisotopic (exact) mass is 269 g/mol.